The van der Waals surface area contributed by atoms with Crippen LogP contribution in [0.3, 0.4) is 0 Å². The Bertz CT molecular complexity index is 573. The molecule has 0 unspecified atom stereocenters. The normalized spacial score (nSPS) is 11.0. The van der Waals surface area contributed by atoms with Crippen LogP contribution in [0.2, 0.25) is 0 Å². The van der Waals surface area contributed by atoms with E-state index in [0.717, 1.165) is 24.3 Å². The molecule has 2 rings (SSSR count). The molecular weight excluding hydrogens is 274 g/mol. The molecule has 0 aliphatic carbocycles. The molecule has 2 aromatic rings. The summed E-state index contributed by atoms with van der Waals surface area (Å²) in [6.45, 7) is 4.43. The predicted octanol–water partition coefficient (Wildman–Crippen LogP) is 3.58. The van der Waals surface area contributed by atoms with Crippen molar-refractivity contribution >= 4 is 12.2 Å². The summed E-state index contributed by atoms with van der Waals surface area (Å²) in [6, 6.07) is 12.3. The van der Waals surface area contributed by atoms with E-state index >= 15 is 0 Å². The van der Waals surface area contributed by atoms with Gasteiger partial charge in [0.05, 0.1) is 6.61 Å². The molecule has 0 N–H and O–H groups in total. The number of hydrogen-bond donors (Lipinski definition) is 0. The Balaban J connectivity index is 1.92. The van der Waals surface area contributed by atoms with Crippen molar-refractivity contribution in [3.8, 4) is 5.75 Å². The van der Waals surface area contributed by atoms with Crippen LogP contribution in [0.4, 0.5) is 0 Å². The second kappa shape index (κ2) is 9.00. The number of methoxy groups -OCH3 is 1. The number of rotatable bonds is 8. The van der Waals surface area contributed by atoms with Gasteiger partial charge in [0.1, 0.15) is 18.9 Å². The minimum atomic E-state index is 0.577. The monoisotopic (exact) mass is 298 g/mol. The third-order valence-electron chi connectivity index (χ3n) is 3.30. The van der Waals surface area contributed by atoms with Crippen molar-refractivity contribution in [3.63, 3.8) is 0 Å². The van der Waals surface area contributed by atoms with Crippen LogP contribution in [-0.4, -0.2) is 20.3 Å². The zero-order valence-electron chi connectivity index (χ0n) is 13.4. The second-order valence-electron chi connectivity index (χ2n) is 5.11. The predicted molar refractivity (Wildman–Crippen MR) is 89.7 cm³/mol. The fourth-order valence-corrected chi connectivity index (χ4v) is 2.10. The fraction of sp³-hybridized carbons (Fsp3) is 0.316. The van der Waals surface area contributed by atoms with Crippen LogP contribution in [0.15, 0.2) is 48.8 Å². The van der Waals surface area contributed by atoms with E-state index in [1.54, 1.807) is 7.11 Å². The molecular formula is C19H24NO2+. The largest absolute Gasteiger partial charge is 0.491 e. The number of pyridine rings is 1. The van der Waals surface area contributed by atoms with Crippen molar-refractivity contribution in [2.75, 3.05) is 20.3 Å². The number of nitrogens with zero attached hydrogens (tertiary/aromatic N) is 1. The molecule has 0 aliphatic rings. The van der Waals surface area contributed by atoms with E-state index in [4.69, 9.17) is 9.47 Å². The quantitative estimate of drug-likeness (QED) is 0.549. The maximum atomic E-state index is 5.55. The van der Waals surface area contributed by atoms with E-state index in [1.807, 2.05) is 12.1 Å². The highest BCUT2D eigenvalue weighted by atomic mass is 16.5. The highest BCUT2D eigenvalue weighted by Gasteiger charge is 1.97. The van der Waals surface area contributed by atoms with E-state index in [9.17, 15) is 0 Å². The van der Waals surface area contributed by atoms with Crippen molar-refractivity contribution in [1.29, 1.82) is 0 Å². The highest BCUT2D eigenvalue weighted by molar-refractivity contribution is 5.69. The van der Waals surface area contributed by atoms with E-state index in [-0.39, 0.29) is 0 Å². The Kier molecular flexibility index (Phi) is 6.65. The molecule has 0 bridgehead atoms. The van der Waals surface area contributed by atoms with Gasteiger partial charge in [-0.05, 0) is 23.3 Å². The highest BCUT2D eigenvalue weighted by Crippen LogP contribution is 2.14. The van der Waals surface area contributed by atoms with Gasteiger partial charge in [-0.2, -0.15) is 0 Å². The minimum absolute atomic E-state index is 0.577. The van der Waals surface area contributed by atoms with Crippen molar-refractivity contribution in [2.45, 2.75) is 19.9 Å². The van der Waals surface area contributed by atoms with Gasteiger partial charge in [-0.25, -0.2) is 4.57 Å². The summed E-state index contributed by atoms with van der Waals surface area (Å²) in [7, 11) is 1.67. The standard InChI is InChI=1S/C19H24NO2/c1-3-12-20-13-10-18(11-14-20)5-4-17-6-8-19(9-7-17)22-16-15-21-2/h4-11,13-14H,3,12,15-16H2,1-2H3/q+1/b5-4+. The molecule has 1 aromatic heterocycles. The second-order valence-corrected chi connectivity index (χ2v) is 5.11. The lowest BCUT2D eigenvalue weighted by Crippen LogP contribution is -2.31. The molecule has 0 atom stereocenters. The first-order chi connectivity index (χ1) is 10.8. The van der Waals surface area contributed by atoms with Gasteiger partial charge in [0.25, 0.3) is 0 Å². The number of ether oxygens (including phenoxy) is 2. The fourth-order valence-electron chi connectivity index (χ4n) is 2.10. The molecule has 1 heterocycles. The lowest BCUT2D eigenvalue weighted by atomic mass is 10.1. The summed E-state index contributed by atoms with van der Waals surface area (Å²) in [5.74, 6) is 0.870. The van der Waals surface area contributed by atoms with Gasteiger partial charge in [0.15, 0.2) is 12.4 Å². The zero-order chi connectivity index (χ0) is 15.6. The zero-order valence-corrected chi connectivity index (χ0v) is 13.4. The average molecular weight is 298 g/mol. The van der Waals surface area contributed by atoms with E-state index in [0.29, 0.717) is 13.2 Å². The third kappa shape index (κ3) is 5.34. The Labute approximate surface area is 132 Å². The molecule has 0 saturated carbocycles. The molecule has 0 amide bonds. The van der Waals surface area contributed by atoms with Gasteiger partial charge < -0.3 is 9.47 Å². The minimum Gasteiger partial charge on any atom is -0.491 e. The number of hydrogen-bond acceptors (Lipinski definition) is 2. The van der Waals surface area contributed by atoms with Crippen molar-refractivity contribution in [2.24, 2.45) is 0 Å². The molecule has 0 radical (unpaired) electrons. The van der Waals surface area contributed by atoms with Gasteiger partial charge in [0.2, 0.25) is 0 Å². The molecule has 3 heteroatoms. The summed E-state index contributed by atoms with van der Waals surface area (Å²) >= 11 is 0. The van der Waals surface area contributed by atoms with E-state index in [1.165, 1.54) is 5.56 Å². The molecule has 116 valence electrons. The first-order valence-electron chi connectivity index (χ1n) is 7.71. The summed E-state index contributed by atoms with van der Waals surface area (Å²) < 4.78 is 12.7. The first-order valence-corrected chi connectivity index (χ1v) is 7.71. The van der Waals surface area contributed by atoms with Crippen molar-refractivity contribution in [1.82, 2.24) is 0 Å². The van der Waals surface area contributed by atoms with E-state index in [2.05, 4.69) is 60.3 Å². The van der Waals surface area contributed by atoms with Crippen LogP contribution in [0.25, 0.3) is 12.2 Å². The van der Waals surface area contributed by atoms with E-state index < -0.39 is 0 Å². The third-order valence-corrected chi connectivity index (χ3v) is 3.30. The lowest BCUT2D eigenvalue weighted by molar-refractivity contribution is -0.697. The van der Waals surface area contributed by atoms with Gasteiger partial charge in [-0.3, -0.25) is 0 Å². The Hall–Kier alpha value is -2.13. The van der Waals surface area contributed by atoms with Crippen LogP contribution in [0, 0.1) is 0 Å². The maximum absolute atomic E-state index is 5.55. The number of aryl methyl sites for hydroxylation is 1. The van der Waals surface area contributed by atoms with Gasteiger partial charge >= 0.3 is 0 Å². The lowest BCUT2D eigenvalue weighted by Gasteiger charge is -2.05. The summed E-state index contributed by atoms with van der Waals surface area (Å²) in [4.78, 5) is 0. The Morgan fingerprint density at radius 3 is 2.14 bits per heavy atom. The number of benzene rings is 1. The SMILES string of the molecule is CCC[n+]1ccc(/C=C/c2ccc(OCCOC)cc2)cc1. The summed E-state index contributed by atoms with van der Waals surface area (Å²) in [5.41, 5.74) is 2.36. The molecule has 0 aliphatic heterocycles. The van der Waals surface area contributed by atoms with Crippen LogP contribution in [0.1, 0.15) is 24.5 Å². The Morgan fingerprint density at radius 2 is 1.55 bits per heavy atom. The molecule has 3 nitrogen and oxygen atoms in total. The number of aromatic nitrogens is 1. The maximum Gasteiger partial charge on any atom is 0.169 e. The van der Waals surface area contributed by atoms with Gasteiger partial charge in [-0.1, -0.05) is 31.2 Å². The first kappa shape index (κ1) is 16.2. The Morgan fingerprint density at radius 1 is 0.909 bits per heavy atom. The van der Waals surface area contributed by atoms with Gasteiger partial charge in [-0.15, -0.1) is 0 Å². The average Bonchev–Trinajstić information content (AvgIpc) is 2.56. The molecule has 1 aromatic carbocycles. The van der Waals surface area contributed by atoms with Crippen molar-refractivity contribution in [3.05, 3.63) is 59.9 Å². The topological polar surface area (TPSA) is 22.3 Å². The summed E-state index contributed by atoms with van der Waals surface area (Å²) in [5, 5.41) is 0. The van der Waals surface area contributed by atoms with Crippen LogP contribution < -0.4 is 9.30 Å². The molecule has 0 fully saturated rings. The van der Waals surface area contributed by atoms with Crippen LogP contribution in [-0.2, 0) is 11.3 Å². The smallest absolute Gasteiger partial charge is 0.169 e. The van der Waals surface area contributed by atoms with Crippen LogP contribution >= 0.6 is 0 Å². The van der Waals surface area contributed by atoms with Gasteiger partial charge in [0, 0.05) is 25.7 Å². The van der Waals surface area contributed by atoms with Crippen molar-refractivity contribution < 1.29 is 14.0 Å². The molecule has 0 spiro atoms. The summed E-state index contributed by atoms with van der Waals surface area (Å²) in [6.07, 6.45) is 9.62. The molecule has 0 saturated heterocycles. The van der Waals surface area contributed by atoms with Crippen LogP contribution in [0.5, 0.6) is 5.75 Å². The molecule has 22 heavy (non-hydrogen) atoms.